The van der Waals surface area contributed by atoms with E-state index in [4.69, 9.17) is 0 Å². The molecule has 1 aromatic rings. The van der Waals surface area contributed by atoms with Gasteiger partial charge in [0.15, 0.2) is 0 Å². The highest BCUT2D eigenvalue weighted by Gasteiger charge is 2.33. The number of nitrogens with zero attached hydrogens (tertiary/aromatic N) is 2. The molecule has 1 aliphatic carbocycles. The van der Waals surface area contributed by atoms with Gasteiger partial charge in [-0.05, 0) is 37.8 Å². The molecule has 150 valence electrons. The number of sulfonamides is 1. The minimum absolute atomic E-state index is 0.0631. The number of nitrogens with one attached hydrogen (secondary N) is 1. The topological polar surface area (TPSA) is 69.7 Å². The Labute approximate surface area is 163 Å². The molecule has 1 aromatic carbocycles. The van der Waals surface area contributed by atoms with Crippen molar-refractivity contribution < 1.29 is 13.2 Å². The summed E-state index contributed by atoms with van der Waals surface area (Å²) in [6, 6.07) is 8.58. The van der Waals surface area contributed by atoms with Crippen LogP contribution in [0.5, 0.6) is 0 Å². The molecular weight excluding hydrogens is 362 g/mol. The summed E-state index contributed by atoms with van der Waals surface area (Å²) in [7, 11) is -3.46. The molecule has 0 aromatic heterocycles. The molecule has 1 N–H and O–H groups in total. The molecule has 3 rings (SSSR count). The lowest BCUT2D eigenvalue weighted by Gasteiger charge is -2.38. The predicted molar refractivity (Wildman–Crippen MR) is 106 cm³/mol. The van der Waals surface area contributed by atoms with Gasteiger partial charge < -0.3 is 5.32 Å². The Morgan fingerprint density at radius 1 is 1.07 bits per heavy atom. The van der Waals surface area contributed by atoms with Crippen molar-refractivity contribution in [3.8, 4) is 0 Å². The Hall–Kier alpha value is -1.44. The SMILES string of the molecule is C[C@H](C(=O)N[C@@H]1CCCC[C@@H]1C)N1CCN(S(=O)(=O)c2ccccc2)CC1. The maximum atomic E-state index is 12.7. The zero-order valence-electron chi connectivity index (χ0n) is 16.3. The summed E-state index contributed by atoms with van der Waals surface area (Å²) >= 11 is 0. The van der Waals surface area contributed by atoms with E-state index in [0.29, 0.717) is 37.0 Å². The van der Waals surface area contributed by atoms with E-state index < -0.39 is 10.0 Å². The molecule has 1 saturated carbocycles. The van der Waals surface area contributed by atoms with E-state index in [-0.39, 0.29) is 18.0 Å². The summed E-state index contributed by atoms with van der Waals surface area (Å²) in [4.78, 5) is 15.1. The predicted octanol–water partition coefficient (Wildman–Crippen LogP) is 2.08. The molecule has 1 saturated heterocycles. The smallest absolute Gasteiger partial charge is 0.243 e. The molecule has 0 bridgehead atoms. The molecular formula is C20H31N3O3S. The van der Waals surface area contributed by atoms with Crippen LogP contribution in [0.4, 0.5) is 0 Å². The third-order valence-electron chi connectivity index (χ3n) is 6.02. The van der Waals surface area contributed by atoms with Gasteiger partial charge in [-0.1, -0.05) is 38.0 Å². The number of amides is 1. The van der Waals surface area contributed by atoms with Crippen LogP contribution in [0.25, 0.3) is 0 Å². The summed E-state index contributed by atoms with van der Waals surface area (Å²) in [5, 5.41) is 3.22. The highest BCUT2D eigenvalue weighted by atomic mass is 32.2. The molecule has 1 heterocycles. The van der Waals surface area contributed by atoms with Gasteiger partial charge in [-0.3, -0.25) is 9.69 Å². The monoisotopic (exact) mass is 393 g/mol. The second-order valence-electron chi connectivity index (χ2n) is 7.81. The molecule has 0 radical (unpaired) electrons. The average molecular weight is 394 g/mol. The van der Waals surface area contributed by atoms with Crippen LogP contribution in [0.15, 0.2) is 35.2 Å². The van der Waals surface area contributed by atoms with Gasteiger partial charge in [0.1, 0.15) is 0 Å². The summed E-state index contributed by atoms with van der Waals surface area (Å²) in [6.45, 7) is 6.09. The second kappa shape index (κ2) is 8.71. The van der Waals surface area contributed by atoms with Crippen LogP contribution in [0.1, 0.15) is 39.5 Å². The summed E-state index contributed by atoms with van der Waals surface area (Å²) in [5.74, 6) is 0.593. The Morgan fingerprint density at radius 3 is 2.33 bits per heavy atom. The first-order chi connectivity index (χ1) is 12.9. The normalized spacial score (nSPS) is 26.4. The van der Waals surface area contributed by atoms with Crippen LogP contribution in [0, 0.1) is 5.92 Å². The number of hydrogen-bond donors (Lipinski definition) is 1. The molecule has 7 heteroatoms. The second-order valence-corrected chi connectivity index (χ2v) is 9.74. The molecule has 2 aliphatic rings. The molecule has 27 heavy (non-hydrogen) atoms. The largest absolute Gasteiger partial charge is 0.352 e. The summed E-state index contributed by atoms with van der Waals surface area (Å²) < 4.78 is 27.0. The van der Waals surface area contributed by atoms with Gasteiger partial charge in [0.25, 0.3) is 0 Å². The minimum atomic E-state index is -3.46. The molecule has 1 amide bonds. The number of piperazine rings is 1. The van der Waals surface area contributed by atoms with Gasteiger partial charge in [-0.2, -0.15) is 4.31 Å². The third-order valence-corrected chi connectivity index (χ3v) is 7.93. The van der Waals surface area contributed by atoms with Gasteiger partial charge >= 0.3 is 0 Å². The number of benzene rings is 1. The Balaban J connectivity index is 1.54. The summed E-state index contributed by atoms with van der Waals surface area (Å²) in [5.41, 5.74) is 0. The molecule has 3 atom stereocenters. The average Bonchev–Trinajstić information content (AvgIpc) is 2.70. The van der Waals surface area contributed by atoms with Crippen LogP contribution in [0.3, 0.4) is 0 Å². The van der Waals surface area contributed by atoms with Crippen molar-refractivity contribution in [3.63, 3.8) is 0 Å². The fourth-order valence-electron chi connectivity index (χ4n) is 4.07. The Morgan fingerprint density at radius 2 is 1.70 bits per heavy atom. The number of rotatable bonds is 5. The zero-order chi connectivity index (χ0) is 19.4. The van der Waals surface area contributed by atoms with Crippen LogP contribution in [0.2, 0.25) is 0 Å². The van der Waals surface area contributed by atoms with Crippen molar-refractivity contribution in [1.82, 2.24) is 14.5 Å². The molecule has 6 nitrogen and oxygen atoms in total. The van der Waals surface area contributed by atoms with Crippen LogP contribution < -0.4 is 5.32 Å². The van der Waals surface area contributed by atoms with E-state index in [0.717, 1.165) is 6.42 Å². The fraction of sp³-hybridized carbons (Fsp3) is 0.650. The zero-order valence-corrected chi connectivity index (χ0v) is 17.1. The van der Waals surface area contributed by atoms with Gasteiger partial charge in [-0.25, -0.2) is 8.42 Å². The quantitative estimate of drug-likeness (QED) is 0.832. The van der Waals surface area contributed by atoms with E-state index in [2.05, 4.69) is 17.1 Å². The number of hydrogen-bond acceptors (Lipinski definition) is 4. The minimum Gasteiger partial charge on any atom is -0.352 e. The Kier molecular flexibility index (Phi) is 6.55. The van der Waals surface area contributed by atoms with Crippen molar-refractivity contribution in [2.24, 2.45) is 5.92 Å². The lowest BCUT2D eigenvalue weighted by molar-refractivity contribution is -0.127. The lowest BCUT2D eigenvalue weighted by Crippen LogP contribution is -2.56. The van der Waals surface area contributed by atoms with E-state index in [1.54, 1.807) is 24.3 Å². The first-order valence-corrected chi connectivity index (χ1v) is 11.4. The lowest BCUT2D eigenvalue weighted by atomic mass is 9.86. The van der Waals surface area contributed by atoms with E-state index in [1.165, 1.54) is 23.6 Å². The maximum Gasteiger partial charge on any atom is 0.243 e. The maximum absolute atomic E-state index is 12.7. The summed E-state index contributed by atoms with van der Waals surface area (Å²) in [6.07, 6.45) is 4.67. The van der Waals surface area contributed by atoms with Crippen molar-refractivity contribution in [3.05, 3.63) is 30.3 Å². The van der Waals surface area contributed by atoms with Gasteiger partial charge in [0, 0.05) is 32.2 Å². The van der Waals surface area contributed by atoms with Gasteiger partial charge in [0.2, 0.25) is 15.9 Å². The van der Waals surface area contributed by atoms with Crippen molar-refractivity contribution in [2.75, 3.05) is 26.2 Å². The van der Waals surface area contributed by atoms with Crippen LogP contribution in [-0.4, -0.2) is 61.8 Å². The van der Waals surface area contributed by atoms with E-state index in [9.17, 15) is 13.2 Å². The van der Waals surface area contributed by atoms with E-state index >= 15 is 0 Å². The highest BCUT2D eigenvalue weighted by Crippen LogP contribution is 2.24. The third kappa shape index (κ3) is 4.70. The molecule has 2 fully saturated rings. The van der Waals surface area contributed by atoms with Crippen molar-refractivity contribution in [2.45, 2.75) is 56.5 Å². The van der Waals surface area contributed by atoms with Gasteiger partial charge in [-0.15, -0.1) is 0 Å². The number of carbonyl (C=O) groups excluding carboxylic acids is 1. The molecule has 0 spiro atoms. The fourth-order valence-corrected chi connectivity index (χ4v) is 5.52. The van der Waals surface area contributed by atoms with Crippen LogP contribution >= 0.6 is 0 Å². The first kappa shape index (κ1) is 20.3. The van der Waals surface area contributed by atoms with E-state index in [1.807, 2.05) is 13.0 Å². The molecule has 0 unspecified atom stereocenters. The first-order valence-electron chi connectivity index (χ1n) is 9.99. The highest BCUT2D eigenvalue weighted by molar-refractivity contribution is 7.89. The van der Waals surface area contributed by atoms with Crippen molar-refractivity contribution in [1.29, 1.82) is 0 Å². The number of carbonyl (C=O) groups is 1. The van der Waals surface area contributed by atoms with Gasteiger partial charge in [0.05, 0.1) is 10.9 Å². The van der Waals surface area contributed by atoms with Crippen LogP contribution in [-0.2, 0) is 14.8 Å². The Bertz CT molecular complexity index is 730. The molecule has 1 aliphatic heterocycles. The standard InChI is InChI=1S/C20H31N3O3S/c1-16-8-6-7-11-19(16)21-20(24)17(2)22-12-14-23(15-13-22)27(25,26)18-9-4-3-5-10-18/h3-5,9-10,16-17,19H,6-8,11-15H2,1-2H3,(H,21,24)/t16-,17+,19+/m0/s1. The van der Waals surface area contributed by atoms with Crippen molar-refractivity contribution >= 4 is 15.9 Å².